The topological polar surface area (TPSA) is 95.2 Å². The zero-order chi connectivity index (χ0) is 12.3. The first-order valence-electron chi connectivity index (χ1n) is 4.38. The number of aromatic nitrogens is 2. The molecule has 0 bridgehead atoms. The van der Waals surface area contributed by atoms with Gasteiger partial charge in [-0.25, -0.2) is 23.5 Å². The van der Waals surface area contributed by atoms with Crippen molar-refractivity contribution in [3.05, 3.63) is 23.2 Å². The average Bonchev–Trinajstić information content (AvgIpc) is 2.20. The molecule has 2 atom stereocenters. The molecule has 0 spiro atoms. The monoisotopic (exact) mass is 265 g/mol. The van der Waals surface area contributed by atoms with Crippen LogP contribution < -0.4 is 5.14 Å². The summed E-state index contributed by atoms with van der Waals surface area (Å²) in [6.07, 6.45) is 1.92. The molecular formula is C8H12ClN3O3S. The Bertz CT molecular complexity index is 448. The zero-order valence-electron chi connectivity index (χ0n) is 8.79. The second kappa shape index (κ2) is 5.05. The molecule has 1 heterocycles. The molecule has 0 aromatic carbocycles. The first-order chi connectivity index (χ1) is 7.36. The first kappa shape index (κ1) is 13.3. The van der Waals surface area contributed by atoms with Crippen molar-refractivity contribution in [2.75, 3.05) is 7.11 Å². The van der Waals surface area contributed by atoms with E-state index < -0.39 is 21.4 Å². The Morgan fingerprint density at radius 2 is 1.94 bits per heavy atom. The summed E-state index contributed by atoms with van der Waals surface area (Å²) < 4.78 is 27.4. The van der Waals surface area contributed by atoms with Crippen LogP contribution in [0.4, 0.5) is 0 Å². The van der Waals surface area contributed by atoms with Gasteiger partial charge in [-0.1, -0.05) is 11.6 Å². The summed E-state index contributed by atoms with van der Waals surface area (Å²) in [7, 11) is -2.35. The summed E-state index contributed by atoms with van der Waals surface area (Å²) in [6.45, 7) is 1.43. The van der Waals surface area contributed by atoms with Gasteiger partial charge in [0.2, 0.25) is 10.0 Å². The lowest BCUT2D eigenvalue weighted by Crippen LogP contribution is -2.33. The first-order valence-corrected chi connectivity index (χ1v) is 6.37. The minimum Gasteiger partial charge on any atom is -0.372 e. The number of ether oxygens (including phenoxy) is 1. The van der Waals surface area contributed by atoms with Crippen LogP contribution in [-0.4, -0.2) is 30.7 Å². The number of sulfonamides is 1. The van der Waals surface area contributed by atoms with E-state index in [2.05, 4.69) is 9.97 Å². The maximum Gasteiger partial charge on any atom is 0.214 e. The van der Waals surface area contributed by atoms with E-state index in [9.17, 15) is 8.42 Å². The molecule has 0 amide bonds. The molecule has 0 saturated carbocycles. The summed E-state index contributed by atoms with van der Waals surface area (Å²) in [4.78, 5) is 7.79. The second-order valence-electron chi connectivity index (χ2n) is 3.21. The average molecular weight is 266 g/mol. The molecule has 0 saturated heterocycles. The summed E-state index contributed by atoms with van der Waals surface area (Å²) in [5.74, 6) is 0.230. The quantitative estimate of drug-likeness (QED) is 0.855. The predicted molar refractivity (Wildman–Crippen MR) is 59.4 cm³/mol. The molecule has 1 aromatic heterocycles. The number of methoxy groups -OCH3 is 1. The Morgan fingerprint density at radius 3 is 2.31 bits per heavy atom. The van der Waals surface area contributed by atoms with Gasteiger partial charge in [0, 0.05) is 19.5 Å². The highest BCUT2D eigenvalue weighted by molar-refractivity contribution is 7.89. The molecule has 2 N–H and O–H groups in total. The highest BCUT2D eigenvalue weighted by atomic mass is 35.5. The van der Waals surface area contributed by atoms with Crippen LogP contribution in [0.1, 0.15) is 18.9 Å². The van der Waals surface area contributed by atoms with Gasteiger partial charge in [-0.2, -0.15) is 0 Å². The summed E-state index contributed by atoms with van der Waals surface area (Å²) in [5, 5.41) is 4.46. The third-order valence-electron chi connectivity index (χ3n) is 2.09. The number of primary sulfonamides is 1. The Balaban J connectivity index is 3.03. The van der Waals surface area contributed by atoms with Crippen molar-refractivity contribution in [3.8, 4) is 0 Å². The Hall–Kier alpha value is -0.760. The molecular weight excluding hydrogens is 254 g/mol. The van der Waals surface area contributed by atoms with E-state index in [1.807, 2.05) is 0 Å². The smallest absolute Gasteiger partial charge is 0.214 e. The van der Waals surface area contributed by atoms with Gasteiger partial charge < -0.3 is 4.74 Å². The van der Waals surface area contributed by atoms with E-state index in [-0.39, 0.29) is 5.82 Å². The van der Waals surface area contributed by atoms with Crippen LogP contribution in [0, 0.1) is 0 Å². The van der Waals surface area contributed by atoms with Crippen molar-refractivity contribution in [3.63, 3.8) is 0 Å². The lowest BCUT2D eigenvalue weighted by atomic mass is 10.2. The highest BCUT2D eigenvalue weighted by Crippen LogP contribution is 2.21. The maximum atomic E-state index is 11.2. The fourth-order valence-electron chi connectivity index (χ4n) is 1.15. The molecule has 8 heteroatoms. The molecule has 0 aliphatic carbocycles. The molecule has 0 unspecified atom stereocenters. The van der Waals surface area contributed by atoms with Crippen molar-refractivity contribution in [1.82, 2.24) is 9.97 Å². The van der Waals surface area contributed by atoms with E-state index in [1.165, 1.54) is 26.4 Å². The van der Waals surface area contributed by atoms with Crippen molar-refractivity contribution in [2.24, 2.45) is 5.14 Å². The van der Waals surface area contributed by atoms with Crippen LogP contribution in [0.2, 0.25) is 5.02 Å². The summed E-state index contributed by atoms with van der Waals surface area (Å²) in [5.41, 5.74) is 0. The van der Waals surface area contributed by atoms with Gasteiger partial charge >= 0.3 is 0 Å². The number of hydrogen-bond acceptors (Lipinski definition) is 5. The van der Waals surface area contributed by atoms with Gasteiger partial charge in [0.25, 0.3) is 0 Å². The number of nitrogens with two attached hydrogens (primary N) is 1. The van der Waals surface area contributed by atoms with E-state index in [4.69, 9.17) is 21.5 Å². The lowest BCUT2D eigenvalue weighted by molar-refractivity contribution is 0.0948. The van der Waals surface area contributed by atoms with Gasteiger partial charge in [0.05, 0.1) is 5.02 Å². The largest absolute Gasteiger partial charge is 0.372 e. The van der Waals surface area contributed by atoms with E-state index in [0.29, 0.717) is 5.02 Å². The van der Waals surface area contributed by atoms with Gasteiger partial charge in [-0.15, -0.1) is 0 Å². The van der Waals surface area contributed by atoms with Crippen LogP contribution in [-0.2, 0) is 14.8 Å². The zero-order valence-corrected chi connectivity index (χ0v) is 10.4. The minimum absolute atomic E-state index is 0.230. The number of nitrogens with zero attached hydrogens (tertiary/aromatic N) is 2. The predicted octanol–water partition coefficient (Wildman–Crippen LogP) is 0.495. The maximum absolute atomic E-state index is 11.2. The third-order valence-corrected chi connectivity index (χ3v) is 3.57. The van der Waals surface area contributed by atoms with E-state index >= 15 is 0 Å². The SMILES string of the molecule is CO[C@H](c1ncc(Cl)cn1)[C@@H](C)S(N)(=O)=O. The number of halogens is 1. The Labute approximate surface area is 98.8 Å². The van der Waals surface area contributed by atoms with Gasteiger partial charge in [-0.05, 0) is 6.92 Å². The van der Waals surface area contributed by atoms with Gasteiger partial charge in [0.15, 0.2) is 5.82 Å². The number of rotatable bonds is 4. The van der Waals surface area contributed by atoms with Crippen molar-refractivity contribution >= 4 is 21.6 Å². The third kappa shape index (κ3) is 3.11. The van der Waals surface area contributed by atoms with Crippen LogP contribution >= 0.6 is 11.6 Å². The minimum atomic E-state index is -3.71. The molecule has 1 rings (SSSR count). The van der Waals surface area contributed by atoms with Crippen LogP contribution in [0.5, 0.6) is 0 Å². The van der Waals surface area contributed by atoms with Crippen molar-refractivity contribution in [2.45, 2.75) is 18.3 Å². The van der Waals surface area contributed by atoms with Crippen LogP contribution in [0.15, 0.2) is 12.4 Å². The molecule has 0 radical (unpaired) electrons. The second-order valence-corrected chi connectivity index (χ2v) is 5.57. The standard InChI is InChI=1S/C8H12ClN3O3S/c1-5(16(10,13)14)7(15-2)8-11-3-6(9)4-12-8/h3-5,7H,1-2H3,(H2,10,13,14)/t5-,7+/m1/s1. The lowest BCUT2D eigenvalue weighted by Gasteiger charge is -2.19. The van der Waals surface area contributed by atoms with E-state index in [0.717, 1.165) is 0 Å². The Kier molecular flexibility index (Phi) is 4.20. The summed E-state index contributed by atoms with van der Waals surface area (Å²) in [6, 6.07) is 0. The van der Waals surface area contributed by atoms with E-state index in [1.54, 1.807) is 0 Å². The normalized spacial score (nSPS) is 15.8. The molecule has 16 heavy (non-hydrogen) atoms. The van der Waals surface area contributed by atoms with Crippen molar-refractivity contribution < 1.29 is 13.2 Å². The molecule has 0 aliphatic heterocycles. The van der Waals surface area contributed by atoms with Gasteiger partial charge in [-0.3, -0.25) is 0 Å². The van der Waals surface area contributed by atoms with Crippen LogP contribution in [0.25, 0.3) is 0 Å². The molecule has 6 nitrogen and oxygen atoms in total. The molecule has 0 fully saturated rings. The molecule has 0 aliphatic rings. The fraction of sp³-hybridized carbons (Fsp3) is 0.500. The molecule has 90 valence electrons. The summed E-state index contributed by atoms with van der Waals surface area (Å²) >= 11 is 5.62. The number of hydrogen-bond donors (Lipinski definition) is 1. The van der Waals surface area contributed by atoms with Crippen LogP contribution in [0.3, 0.4) is 0 Å². The highest BCUT2D eigenvalue weighted by Gasteiger charge is 2.30. The van der Waals surface area contributed by atoms with Crippen molar-refractivity contribution in [1.29, 1.82) is 0 Å². The Morgan fingerprint density at radius 1 is 1.44 bits per heavy atom. The van der Waals surface area contributed by atoms with Gasteiger partial charge in [0.1, 0.15) is 11.4 Å². The fourth-order valence-corrected chi connectivity index (χ4v) is 1.82. The molecule has 1 aromatic rings.